The van der Waals surface area contributed by atoms with E-state index in [9.17, 15) is 18.0 Å². The number of hydrogen-bond donors (Lipinski definition) is 1. The summed E-state index contributed by atoms with van der Waals surface area (Å²) in [4.78, 5) is 12.7. The molecule has 0 aliphatic carbocycles. The van der Waals surface area contributed by atoms with Crippen LogP contribution >= 0.6 is 11.8 Å². The van der Waals surface area contributed by atoms with E-state index in [1.807, 2.05) is 30.3 Å². The summed E-state index contributed by atoms with van der Waals surface area (Å²) < 4.78 is 39.8. The zero-order chi connectivity index (χ0) is 16.7. The summed E-state index contributed by atoms with van der Waals surface area (Å²) >= 11 is 1.38. The number of nitrogens with one attached hydrogen (secondary N) is 1. The third-order valence-electron chi connectivity index (χ3n) is 2.52. The molecule has 1 amide bonds. The molecule has 0 fully saturated rings. The number of amides is 1. The highest BCUT2D eigenvalue weighted by molar-refractivity contribution is 8.02. The normalized spacial score (nSPS) is 11.4. The molecule has 0 aromatic heterocycles. The topological polar surface area (TPSA) is 38.3 Å². The Labute approximate surface area is 135 Å². The van der Waals surface area contributed by atoms with Crippen LogP contribution in [0.2, 0.25) is 0 Å². The first-order valence-electron chi connectivity index (χ1n) is 6.47. The molecule has 0 aliphatic heterocycles. The summed E-state index contributed by atoms with van der Waals surface area (Å²) in [5, 5.41) is 4.17. The molecule has 0 saturated carbocycles. The Balaban J connectivity index is 1.85. The monoisotopic (exact) mass is 339 g/mol. The second-order valence-electron chi connectivity index (χ2n) is 4.30. The molecule has 2 aromatic rings. The summed E-state index contributed by atoms with van der Waals surface area (Å²) in [5.74, 6) is -0.719. The lowest BCUT2D eigenvalue weighted by Crippen LogP contribution is -2.17. The fourth-order valence-electron chi connectivity index (χ4n) is 1.60. The molecule has 2 rings (SSSR count). The molecule has 7 heteroatoms. The maximum Gasteiger partial charge on any atom is 0.573 e. The van der Waals surface area contributed by atoms with Crippen LogP contribution in [-0.4, -0.2) is 12.3 Å². The van der Waals surface area contributed by atoms with Gasteiger partial charge in [0.05, 0.1) is 0 Å². The minimum atomic E-state index is -4.73. The van der Waals surface area contributed by atoms with Crippen LogP contribution in [0.1, 0.15) is 0 Å². The van der Waals surface area contributed by atoms with Crippen LogP contribution in [0.5, 0.6) is 5.75 Å². The van der Waals surface area contributed by atoms with Crippen LogP contribution in [0.4, 0.5) is 18.9 Å². The highest BCUT2D eigenvalue weighted by atomic mass is 32.2. The molecular formula is C16H12F3NO2S. The van der Waals surface area contributed by atoms with Crippen molar-refractivity contribution in [1.82, 2.24) is 0 Å². The van der Waals surface area contributed by atoms with Gasteiger partial charge in [-0.3, -0.25) is 4.79 Å². The summed E-state index contributed by atoms with van der Waals surface area (Å²) in [6.07, 6.45) is -3.39. The smallest absolute Gasteiger partial charge is 0.406 e. The Morgan fingerprint density at radius 2 is 1.70 bits per heavy atom. The average Bonchev–Trinajstić information content (AvgIpc) is 2.49. The quantitative estimate of drug-likeness (QED) is 0.626. The van der Waals surface area contributed by atoms with Gasteiger partial charge in [-0.15, -0.1) is 13.2 Å². The molecule has 0 saturated heterocycles. The second kappa shape index (κ2) is 7.73. The predicted molar refractivity (Wildman–Crippen MR) is 83.2 cm³/mol. The predicted octanol–water partition coefficient (Wildman–Crippen LogP) is 4.83. The molecule has 3 nitrogen and oxygen atoms in total. The largest absolute Gasteiger partial charge is 0.573 e. The molecule has 0 bridgehead atoms. The lowest BCUT2D eigenvalue weighted by molar-refractivity contribution is -0.274. The van der Waals surface area contributed by atoms with E-state index in [0.29, 0.717) is 5.69 Å². The third kappa shape index (κ3) is 6.48. The van der Waals surface area contributed by atoms with Crippen molar-refractivity contribution in [2.45, 2.75) is 11.3 Å². The lowest BCUT2D eigenvalue weighted by atomic mass is 10.3. The molecule has 0 radical (unpaired) electrons. The summed E-state index contributed by atoms with van der Waals surface area (Å²) in [5.41, 5.74) is 0.374. The van der Waals surface area contributed by atoms with Crippen molar-refractivity contribution in [1.29, 1.82) is 0 Å². The van der Waals surface area contributed by atoms with E-state index in [0.717, 1.165) is 17.0 Å². The first kappa shape index (κ1) is 17.0. The van der Waals surface area contributed by atoms with E-state index < -0.39 is 6.36 Å². The zero-order valence-electron chi connectivity index (χ0n) is 11.7. The molecule has 23 heavy (non-hydrogen) atoms. The molecule has 0 unspecified atom stereocenters. The minimum Gasteiger partial charge on any atom is -0.406 e. The number of benzene rings is 2. The first-order valence-corrected chi connectivity index (χ1v) is 7.35. The SMILES string of the molecule is O=C(C=CSc1ccccc1)Nc1ccc(OC(F)(F)F)cc1. The Bertz CT molecular complexity index is 670. The van der Waals surface area contributed by atoms with Crippen LogP contribution in [-0.2, 0) is 4.79 Å². The van der Waals surface area contributed by atoms with Gasteiger partial charge in [-0.2, -0.15) is 0 Å². The molecule has 0 atom stereocenters. The zero-order valence-corrected chi connectivity index (χ0v) is 12.5. The Morgan fingerprint density at radius 1 is 1.04 bits per heavy atom. The molecule has 1 N–H and O–H groups in total. The van der Waals surface area contributed by atoms with E-state index in [4.69, 9.17) is 0 Å². The van der Waals surface area contributed by atoms with Crippen molar-refractivity contribution >= 4 is 23.4 Å². The Morgan fingerprint density at radius 3 is 2.30 bits per heavy atom. The van der Waals surface area contributed by atoms with Gasteiger partial charge < -0.3 is 10.1 Å². The van der Waals surface area contributed by atoms with Crippen LogP contribution in [0.3, 0.4) is 0 Å². The van der Waals surface area contributed by atoms with Gasteiger partial charge in [0.15, 0.2) is 0 Å². The number of rotatable bonds is 5. The van der Waals surface area contributed by atoms with Crippen molar-refractivity contribution in [3.63, 3.8) is 0 Å². The first-order chi connectivity index (χ1) is 10.9. The van der Waals surface area contributed by atoms with Gasteiger partial charge in [0, 0.05) is 16.7 Å². The van der Waals surface area contributed by atoms with Crippen molar-refractivity contribution in [3.05, 3.63) is 66.1 Å². The van der Waals surface area contributed by atoms with Crippen molar-refractivity contribution in [3.8, 4) is 5.75 Å². The maximum atomic E-state index is 12.0. The van der Waals surface area contributed by atoms with Crippen molar-refractivity contribution in [2.75, 3.05) is 5.32 Å². The molecule has 0 heterocycles. The van der Waals surface area contributed by atoms with Gasteiger partial charge in [0.25, 0.3) is 0 Å². The number of alkyl halides is 3. The third-order valence-corrected chi connectivity index (χ3v) is 3.34. The van der Waals surface area contributed by atoms with Crippen LogP contribution in [0.15, 0.2) is 71.0 Å². The van der Waals surface area contributed by atoms with Gasteiger partial charge in [0.1, 0.15) is 5.75 Å². The molecule has 120 valence electrons. The van der Waals surface area contributed by atoms with Gasteiger partial charge >= 0.3 is 6.36 Å². The standard InChI is InChI=1S/C16H12F3NO2S/c17-16(18,19)22-13-8-6-12(7-9-13)20-15(21)10-11-23-14-4-2-1-3-5-14/h1-11H,(H,20,21). The van der Waals surface area contributed by atoms with E-state index in [2.05, 4.69) is 10.1 Å². The van der Waals surface area contributed by atoms with Crippen LogP contribution in [0.25, 0.3) is 0 Å². The van der Waals surface area contributed by atoms with E-state index in [-0.39, 0.29) is 11.7 Å². The summed E-state index contributed by atoms with van der Waals surface area (Å²) in [7, 11) is 0. The van der Waals surface area contributed by atoms with Gasteiger partial charge in [-0.25, -0.2) is 0 Å². The molecule has 0 aliphatic rings. The van der Waals surface area contributed by atoms with E-state index >= 15 is 0 Å². The van der Waals surface area contributed by atoms with Gasteiger partial charge in [-0.1, -0.05) is 30.0 Å². The number of thioether (sulfide) groups is 1. The lowest BCUT2D eigenvalue weighted by Gasteiger charge is -2.09. The Kier molecular flexibility index (Phi) is 5.70. The van der Waals surface area contributed by atoms with Crippen LogP contribution < -0.4 is 10.1 Å². The van der Waals surface area contributed by atoms with Gasteiger partial charge in [0.2, 0.25) is 5.91 Å². The van der Waals surface area contributed by atoms with E-state index in [1.54, 1.807) is 5.41 Å². The van der Waals surface area contributed by atoms with Crippen LogP contribution in [0, 0.1) is 0 Å². The van der Waals surface area contributed by atoms with Gasteiger partial charge in [-0.05, 0) is 41.8 Å². The fourth-order valence-corrected chi connectivity index (χ4v) is 2.26. The van der Waals surface area contributed by atoms with Crippen molar-refractivity contribution in [2.24, 2.45) is 0 Å². The molecule has 0 spiro atoms. The highest BCUT2D eigenvalue weighted by Crippen LogP contribution is 2.24. The number of ether oxygens (including phenoxy) is 1. The van der Waals surface area contributed by atoms with E-state index in [1.165, 1.54) is 30.0 Å². The number of halogens is 3. The molecular weight excluding hydrogens is 327 g/mol. The number of carbonyl (C=O) groups is 1. The molecule has 2 aromatic carbocycles. The fraction of sp³-hybridized carbons (Fsp3) is 0.0625. The average molecular weight is 339 g/mol. The van der Waals surface area contributed by atoms with Crippen molar-refractivity contribution < 1.29 is 22.7 Å². The Hall–Kier alpha value is -2.41. The minimum absolute atomic E-state index is 0.342. The summed E-state index contributed by atoms with van der Waals surface area (Å²) in [6.45, 7) is 0. The summed E-state index contributed by atoms with van der Waals surface area (Å²) in [6, 6.07) is 14.4. The highest BCUT2D eigenvalue weighted by Gasteiger charge is 2.30. The number of hydrogen-bond acceptors (Lipinski definition) is 3. The maximum absolute atomic E-state index is 12.0. The number of carbonyl (C=O) groups excluding carboxylic acids is 1. The number of anilines is 1. The second-order valence-corrected chi connectivity index (χ2v) is 5.27.